The van der Waals surface area contributed by atoms with Gasteiger partial charge in [0.25, 0.3) is 10.0 Å². The zero-order valence-electron chi connectivity index (χ0n) is 25.5. The second-order valence-electron chi connectivity index (χ2n) is 12.2. The second kappa shape index (κ2) is 11.0. The van der Waals surface area contributed by atoms with Gasteiger partial charge in [-0.1, -0.05) is 81.4 Å². The van der Waals surface area contributed by atoms with Crippen LogP contribution in [0.1, 0.15) is 74.5 Å². The molecular formula is C36H38N2O5S. The lowest BCUT2D eigenvalue weighted by molar-refractivity contribution is -0.141. The van der Waals surface area contributed by atoms with E-state index in [0.29, 0.717) is 29.1 Å². The van der Waals surface area contributed by atoms with Gasteiger partial charge in [-0.15, -0.1) is 0 Å². The molecule has 1 aromatic heterocycles. The maximum Gasteiger partial charge on any atom is 0.334 e. The van der Waals surface area contributed by atoms with Crippen molar-refractivity contribution >= 4 is 26.9 Å². The molecular weight excluding hydrogens is 572 g/mol. The van der Waals surface area contributed by atoms with Crippen molar-refractivity contribution in [3.63, 3.8) is 0 Å². The Kier molecular flexibility index (Phi) is 7.27. The average Bonchev–Trinajstić information content (AvgIpc) is 3.70. The third kappa shape index (κ3) is 4.37. The zero-order chi connectivity index (χ0) is 30.7. The highest BCUT2D eigenvalue weighted by atomic mass is 32.2. The Labute approximate surface area is 259 Å². The normalized spacial score (nSPS) is 24.7. The highest BCUT2D eigenvalue weighted by Gasteiger charge is 2.56. The van der Waals surface area contributed by atoms with Crippen LogP contribution in [0.3, 0.4) is 0 Å². The number of carbonyl (C=O) groups excluding carboxylic acids is 1. The van der Waals surface area contributed by atoms with Crippen LogP contribution in [-0.2, 0) is 30.7 Å². The van der Waals surface area contributed by atoms with E-state index in [9.17, 15) is 13.2 Å². The molecule has 3 heterocycles. The van der Waals surface area contributed by atoms with E-state index < -0.39 is 22.3 Å². The highest BCUT2D eigenvalue weighted by molar-refractivity contribution is 7.90. The molecule has 0 amide bonds. The van der Waals surface area contributed by atoms with Gasteiger partial charge in [0.2, 0.25) is 0 Å². The minimum absolute atomic E-state index is 0.0847. The van der Waals surface area contributed by atoms with Crippen molar-refractivity contribution in [3.05, 3.63) is 113 Å². The van der Waals surface area contributed by atoms with Crippen LogP contribution in [0.2, 0.25) is 0 Å². The predicted octanol–water partition coefficient (Wildman–Crippen LogP) is 6.90. The maximum atomic E-state index is 14.5. The van der Waals surface area contributed by atoms with Crippen LogP contribution < -0.4 is 0 Å². The van der Waals surface area contributed by atoms with E-state index >= 15 is 0 Å². The first-order valence-electron chi connectivity index (χ1n) is 15.6. The summed E-state index contributed by atoms with van der Waals surface area (Å²) in [6.07, 6.45) is 2.89. The summed E-state index contributed by atoms with van der Waals surface area (Å²) in [5.41, 5.74) is 5.55. The fraction of sp³-hybridized carbons (Fsp3) is 0.361. The average molecular weight is 611 g/mol. The Balaban J connectivity index is 1.50. The lowest BCUT2D eigenvalue weighted by Crippen LogP contribution is -2.46. The van der Waals surface area contributed by atoms with Crippen LogP contribution in [0.25, 0.3) is 10.9 Å². The Morgan fingerprint density at radius 3 is 2.48 bits per heavy atom. The van der Waals surface area contributed by atoms with Gasteiger partial charge in [-0.3, -0.25) is 4.90 Å². The fourth-order valence-corrected chi connectivity index (χ4v) is 9.22. The summed E-state index contributed by atoms with van der Waals surface area (Å²) in [6.45, 7) is 8.55. The van der Waals surface area contributed by atoms with Crippen molar-refractivity contribution in [1.82, 2.24) is 8.87 Å². The molecule has 8 heteroatoms. The van der Waals surface area contributed by atoms with Crippen LogP contribution in [-0.4, -0.2) is 42.2 Å². The number of rotatable bonds is 7. The number of fused-ring (bicyclic) bond motifs is 6. The third-order valence-electron chi connectivity index (χ3n) is 9.48. The number of hydrogen-bond acceptors (Lipinski definition) is 6. The van der Waals surface area contributed by atoms with E-state index in [0.717, 1.165) is 11.8 Å². The summed E-state index contributed by atoms with van der Waals surface area (Å²) < 4.78 is 42.9. The van der Waals surface area contributed by atoms with Crippen molar-refractivity contribution < 1.29 is 22.7 Å². The van der Waals surface area contributed by atoms with Gasteiger partial charge in [0, 0.05) is 23.3 Å². The summed E-state index contributed by atoms with van der Waals surface area (Å²) in [5, 5.41) is 0.814. The summed E-state index contributed by atoms with van der Waals surface area (Å²) in [5.74, 6) is -0.279. The minimum atomic E-state index is -4.00. The molecule has 0 radical (unpaired) electrons. The molecule has 228 valence electrons. The Morgan fingerprint density at radius 2 is 1.75 bits per heavy atom. The van der Waals surface area contributed by atoms with Gasteiger partial charge < -0.3 is 9.47 Å². The largest absolute Gasteiger partial charge is 0.463 e. The molecule has 3 aliphatic rings. The number of aromatic nitrogens is 1. The third-order valence-corrected chi connectivity index (χ3v) is 11.2. The standard InChI is InChI=1S/C36H38N2O5S/c1-5-26-28(36(39)42-6-2)21-30(37-34-32(43-35(26)37)20-24-14-12-17-27(22(3)4)33(24)34)31-19-23-13-10-11-18-29(23)38(31)44(40,41)25-15-8-7-9-16-25/h7-19,21-22,26,30,32,34-35H,5-6,20H2,1-4H3/t26-,30-,32+,34+,35+/m0/s1. The molecule has 0 spiro atoms. The molecule has 0 unspecified atom stereocenters. The van der Waals surface area contributed by atoms with E-state index in [2.05, 4.69) is 43.9 Å². The molecule has 44 heavy (non-hydrogen) atoms. The second-order valence-corrected chi connectivity index (χ2v) is 14.0. The molecule has 1 saturated heterocycles. The molecule has 3 aromatic carbocycles. The molecule has 1 fully saturated rings. The molecule has 2 aliphatic heterocycles. The molecule has 5 atom stereocenters. The Bertz CT molecular complexity index is 1880. The number of nitrogens with zero attached hydrogens (tertiary/aromatic N) is 2. The molecule has 7 rings (SSSR count). The molecule has 7 nitrogen and oxygen atoms in total. The number of esters is 1. The number of hydrogen-bond donors (Lipinski definition) is 0. The number of benzene rings is 3. The number of para-hydroxylation sites is 1. The first-order chi connectivity index (χ1) is 21.3. The lowest BCUT2D eigenvalue weighted by Gasteiger charge is -2.42. The van der Waals surface area contributed by atoms with Gasteiger partial charge in [-0.05, 0) is 60.2 Å². The molecule has 1 aliphatic carbocycles. The van der Waals surface area contributed by atoms with Gasteiger partial charge in [0.05, 0.1) is 40.9 Å². The van der Waals surface area contributed by atoms with Gasteiger partial charge in [0.1, 0.15) is 6.23 Å². The summed E-state index contributed by atoms with van der Waals surface area (Å²) >= 11 is 0. The van der Waals surface area contributed by atoms with E-state index in [4.69, 9.17) is 9.47 Å². The smallest absolute Gasteiger partial charge is 0.334 e. The summed E-state index contributed by atoms with van der Waals surface area (Å²) in [7, 11) is -4.00. The fourth-order valence-electron chi connectivity index (χ4n) is 7.64. The van der Waals surface area contributed by atoms with E-state index in [1.165, 1.54) is 20.7 Å². The van der Waals surface area contributed by atoms with E-state index in [1.54, 1.807) is 31.2 Å². The zero-order valence-corrected chi connectivity index (χ0v) is 26.3. The monoisotopic (exact) mass is 610 g/mol. The quantitative estimate of drug-likeness (QED) is 0.212. The van der Waals surface area contributed by atoms with Crippen molar-refractivity contribution in [1.29, 1.82) is 0 Å². The topological polar surface area (TPSA) is 77.8 Å². The molecule has 0 N–H and O–H groups in total. The number of ether oxygens (including phenoxy) is 2. The number of carbonyl (C=O) groups is 1. The van der Waals surface area contributed by atoms with Gasteiger partial charge >= 0.3 is 5.97 Å². The van der Waals surface area contributed by atoms with Crippen LogP contribution in [0.5, 0.6) is 0 Å². The van der Waals surface area contributed by atoms with Crippen molar-refractivity contribution in [2.24, 2.45) is 5.92 Å². The molecule has 0 saturated carbocycles. The van der Waals surface area contributed by atoms with Gasteiger partial charge in [-0.2, -0.15) is 0 Å². The van der Waals surface area contributed by atoms with E-state index in [1.807, 2.05) is 42.5 Å². The SMILES string of the molecule is CCOC(=O)C1=C[C@@H](c2cc3ccccc3n2S(=O)(=O)c2ccccc2)N2[C@H](O[C@@H]3Cc4cccc(C(C)C)c4[C@@H]32)[C@H]1CC. The van der Waals surface area contributed by atoms with Crippen LogP contribution in [0, 0.1) is 5.92 Å². The minimum Gasteiger partial charge on any atom is -0.463 e. The predicted molar refractivity (Wildman–Crippen MR) is 170 cm³/mol. The first-order valence-corrected chi connectivity index (χ1v) is 17.0. The Hall–Kier alpha value is -3.72. The Morgan fingerprint density at radius 1 is 1.00 bits per heavy atom. The van der Waals surface area contributed by atoms with Gasteiger partial charge in [-0.25, -0.2) is 17.2 Å². The maximum absolute atomic E-state index is 14.5. The van der Waals surface area contributed by atoms with Crippen molar-refractivity contribution in [2.75, 3.05) is 6.61 Å². The van der Waals surface area contributed by atoms with Crippen LogP contribution in [0.15, 0.2) is 95.4 Å². The van der Waals surface area contributed by atoms with Crippen LogP contribution >= 0.6 is 0 Å². The van der Waals surface area contributed by atoms with Crippen molar-refractivity contribution in [2.45, 2.75) is 75.8 Å². The van der Waals surface area contributed by atoms with Gasteiger partial charge in [0.15, 0.2) is 0 Å². The van der Waals surface area contributed by atoms with E-state index in [-0.39, 0.29) is 35.5 Å². The molecule has 4 aromatic rings. The highest BCUT2D eigenvalue weighted by Crippen LogP contribution is 2.55. The summed E-state index contributed by atoms with van der Waals surface area (Å²) in [6, 6.07) is 23.9. The lowest BCUT2D eigenvalue weighted by atomic mass is 9.84. The van der Waals surface area contributed by atoms with Crippen molar-refractivity contribution in [3.8, 4) is 0 Å². The van der Waals surface area contributed by atoms with Crippen LogP contribution in [0.4, 0.5) is 0 Å². The molecule has 0 bridgehead atoms. The summed E-state index contributed by atoms with van der Waals surface area (Å²) in [4.78, 5) is 16.1. The first kappa shape index (κ1) is 29.0.